The SMILES string of the molecule is NC(=O)c1cccc(Nc2cc(F)ccc2Cl)c1N. The Balaban J connectivity index is 2.41. The number of nitrogens with two attached hydrogens (primary N) is 2. The molecule has 2 aromatic rings. The van der Waals surface area contributed by atoms with Crippen LogP contribution in [0.15, 0.2) is 36.4 Å². The van der Waals surface area contributed by atoms with Crippen molar-refractivity contribution < 1.29 is 9.18 Å². The lowest BCUT2D eigenvalue weighted by Crippen LogP contribution is -2.14. The Morgan fingerprint density at radius 2 is 1.95 bits per heavy atom. The van der Waals surface area contributed by atoms with Gasteiger partial charge in [0.15, 0.2) is 0 Å². The van der Waals surface area contributed by atoms with Crippen LogP contribution < -0.4 is 16.8 Å². The van der Waals surface area contributed by atoms with Gasteiger partial charge in [-0.05, 0) is 30.3 Å². The lowest BCUT2D eigenvalue weighted by atomic mass is 10.1. The van der Waals surface area contributed by atoms with Gasteiger partial charge in [0, 0.05) is 0 Å². The van der Waals surface area contributed by atoms with E-state index in [9.17, 15) is 9.18 Å². The van der Waals surface area contributed by atoms with Gasteiger partial charge in [-0.1, -0.05) is 17.7 Å². The van der Waals surface area contributed by atoms with E-state index in [0.717, 1.165) is 0 Å². The van der Waals surface area contributed by atoms with Gasteiger partial charge in [0.25, 0.3) is 5.91 Å². The molecule has 0 aliphatic heterocycles. The number of benzene rings is 2. The van der Waals surface area contributed by atoms with Crippen LogP contribution >= 0.6 is 11.6 Å². The number of hydrogen-bond donors (Lipinski definition) is 3. The molecule has 0 bridgehead atoms. The van der Waals surface area contributed by atoms with Crippen molar-refractivity contribution in [3.05, 3.63) is 52.8 Å². The number of nitrogen functional groups attached to an aromatic ring is 1. The number of halogens is 2. The average molecular weight is 280 g/mol. The third-order valence-electron chi connectivity index (χ3n) is 2.57. The van der Waals surface area contributed by atoms with Gasteiger partial charge in [-0.15, -0.1) is 0 Å². The molecule has 4 nitrogen and oxygen atoms in total. The molecule has 98 valence electrons. The molecule has 0 spiro atoms. The van der Waals surface area contributed by atoms with E-state index in [1.165, 1.54) is 24.3 Å². The molecule has 1 amide bonds. The number of primary amides is 1. The van der Waals surface area contributed by atoms with E-state index in [0.29, 0.717) is 16.4 Å². The van der Waals surface area contributed by atoms with Gasteiger partial charge >= 0.3 is 0 Å². The third kappa shape index (κ3) is 2.77. The van der Waals surface area contributed by atoms with Crippen molar-refractivity contribution in [3.63, 3.8) is 0 Å². The smallest absolute Gasteiger partial charge is 0.250 e. The highest BCUT2D eigenvalue weighted by molar-refractivity contribution is 6.33. The van der Waals surface area contributed by atoms with Crippen LogP contribution in [0.3, 0.4) is 0 Å². The molecule has 19 heavy (non-hydrogen) atoms. The molecule has 0 aliphatic rings. The summed E-state index contributed by atoms with van der Waals surface area (Å²) in [4.78, 5) is 11.2. The molecule has 0 heterocycles. The summed E-state index contributed by atoms with van der Waals surface area (Å²) >= 11 is 5.94. The first kappa shape index (κ1) is 13.2. The Bertz CT molecular complexity index is 646. The average Bonchev–Trinajstić information content (AvgIpc) is 2.36. The third-order valence-corrected chi connectivity index (χ3v) is 2.90. The molecular formula is C13H11ClFN3O. The molecule has 0 atom stereocenters. The van der Waals surface area contributed by atoms with E-state index >= 15 is 0 Å². The molecule has 0 radical (unpaired) electrons. The Morgan fingerprint density at radius 1 is 1.21 bits per heavy atom. The summed E-state index contributed by atoms with van der Waals surface area (Å²) in [6.45, 7) is 0. The summed E-state index contributed by atoms with van der Waals surface area (Å²) in [6.07, 6.45) is 0. The highest BCUT2D eigenvalue weighted by Crippen LogP contribution is 2.30. The van der Waals surface area contributed by atoms with Crippen LogP contribution in [-0.4, -0.2) is 5.91 Å². The normalized spacial score (nSPS) is 10.2. The molecule has 0 saturated carbocycles. The number of carbonyl (C=O) groups excluding carboxylic acids is 1. The lowest BCUT2D eigenvalue weighted by Gasteiger charge is -2.12. The van der Waals surface area contributed by atoms with Gasteiger partial charge < -0.3 is 16.8 Å². The number of hydrogen-bond acceptors (Lipinski definition) is 3. The zero-order chi connectivity index (χ0) is 14.0. The molecule has 6 heteroatoms. The Morgan fingerprint density at radius 3 is 2.63 bits per heavy atom. The van der Waals surface area contributed by atoms with Crippen molar-refractivity contribution in [2.24, 2.45) is 5.73 Å². The molecule has 2 rings (SSSR count). The van der Waals surface area contributed by atoms with E-state index in [4.69, 9.17) is 23.1 Å². The van der Waals surface area contributed by atoms with Crippen LogP contribution in [0, 0.1) is 5.82 Å². The number of para-hydroxylation sites is 1. The van der Waals surface area contributed by atoms with E-state index in [1.807, 2.05) is 0 Å². The zero-order valence-electron chi connectivity index (χ0n) is 9.78. The van der Waals surface area contributed by atoms with Crippen molar-refractivity contribution in [1.29, 1.82) is 0 Å². The Kier molecular flexibility index (Phi) is 3.57. The predicted octanol–water partition coefficient (Wildman–Crippen LogP) is 2.90. The molecular weight excluding hydrogens is 269 g/mol. The minimum atomic E-state index is -0.633. The van der Waals surface area contributed by atoms with E-state index in [2.05, 4.69) is 5.32 Å². The molecule has 0 saturated heterocycles. The molecule has 0 unspecified atom stereocenters. The van der Waals surface area contributed by atoms with Crippen molar-refractivity contribution in [2.75, 3.05) is 11.1 Å². The van der Waals surface area contributed by atoms with Gasteiger partial charge in [-0.3, -0.25) is 4.79 Å². The first-order valence-electron chi connectivity index (χ1n) is 5.39. The second-order valence-corrected chi connectivity index (χ2v) is 4.29. The van der Waals surface area contributed by atoms with Gasteiger partial charge in [-0.2, -0.15) is 0 Å². The number of nitrogens with one attached hydrogen (secondary N) is 1. The van der Waals surface area contributed by atoms with Crippen molar-refractivity contribution >= 4 is 34.6 Å². The maximum atomic E-state index is 13.2. The topological polar surface area (TPSA) is 81.1 Å². The molecule has 5 N–H and O–H groups in total. The highest BCUT2D eigenvalue weighted by Gasteiger charge is 2.11. The van der Waals surface area contributed by atoms with E-state index in [1.54, 1.807) is 12.1 Å². The van der Waals surface area contributed by atoms with Crippen molar-refractivity contribution in [3.8, 4) is 0 Å². The maximum absolute atomic E-state index is 13.2. The van der Waals surface area contributed by atoms with E-state index < -0.39 is 11.7 Å². The van der Waals surface area contributed by atoms with Crippen molar-refractivity contribution in [1.82, 2.24) is 0 Å². The first-order valence-corrected chi connectivity index (χ1v) is 5.77. The van der Waals surface area contributed by atoms with Crippen LogP contribution in [0.25, 0.3) is 0 Å². The van der Waals surface area contributed by atoms with Gasteiger partial charge in [0.2, 0.25) is 0 Å². The minimum Gasteiger partial charge on any atom is -0.396 e. The Labute approximate surface area is 114 Å². The lowest BCUT2D eigenvalue weighted by molar-refractivity contribution is 0.100. The van der Waals surface area contributed by atoms with E-state index in [-0.39, 0.29) is 11.3 Å². The summed E-state index contributed by atoms with van der Waals surface area (Å²) in [5, 5.41) is 3.21. The number of amides is 1. The maximum Gasteiger partial charge on any atom is 0.250 e. The fourth-order valence-electron chi connectivity index (χ4n) is 1.63. The number of rotatable bonds is 3. The molecule has 0 fully saturated rings. The largest absolute Gasteiger partial charge is 0.396 e. The number of anilines is 3. The standard InChI is InChI=1S/C13H11ClFN3O/c14-9-5-4-7(15)6-11(9)18-10-3-1-2-8(12(10)16)13(17)19/h1-6,18H,16H2,(H2,17,19). The van der Waals surface area contributed by atoms with Crippen LogP contribution in [0.1, 0.15) is 10.4 Å². The van der Waals surface area contributed by atoms with Gasteiger partial charge in [0.05, 0.1) is 27.6 Å². The Hall–Kier alpha value is -2.27. The minimum absolute atomic E-state index is 0.190. The fraction of sp³-hybridized carbons (Fsp3) is 0. The summed E-state index contributed by atoms with van der Waals surface area (Å²) in [5.41, 5.74) is 12.2. The second-order valence-electron chi connectivity index (χ2n) is 3.88. The van der Waals surface area contributed by atoms with Crippen LogP contribution in [0.2, 0.25) is 5.02 Å². The van der Waals surface area contributed by atoms with Gasteiger partial charge in [-0.25, -0.2) is 4.39 Å². The predicted molar refractivity (Wildman–Crippen MR) is 74.1 cm³/mol. The zero-order valence-corrected chi connectivity index (χ0v) is 10.5. The number of carbonyl (C=O) groups is 1. The summed E-state index contributed by atoms with van der Waals surface area (Å²) in [7, 11) is 0. The molecule has 2 aromatic carbocycles. The van der Waals surface area contributed by atoms with Crippen LogP contribution in [-0.2, 0) is 0 Å². The van der Waals surface area contributed by atoms with Crippen LogP contribution in [0.4, 0.5) is 21.5 Å². The second kappa shape index (κ2) is 5.16. The summed E-state index contributed by atoms with van der Waals surface area (Å²) < 4.78 is 13.2. The van der Waals surface area contributed by atoms with Crippen LogP contribution in [0.5, 0.6) is 0 Å². The first-order chi connectivity index (χ1) is 8.99. The van der Waals surface area contributed by atoms with Crippen molar-refractivity contribution in [2.45, 2.75) is 0 Å². The fourth-order valence-corrected chi connectivity index (χ4v) is 1.79. The highest BCUT2D eigenvalue weighted by atomic mass is 35.5. The summed E-state index contributed by atoms with van der Waals surface area (Å²) in [5.74, 6) is -1.07. The quantitative estimate of drug-likeness (QED) is 0.756. The van der Waals surface area contributed by atoms with Gasteiger partial charge in [0.1, 0.15) is 5.82 Å². The molecule has 0 aliphatic carbocycles. The summed E-state index contributed by atoms with van der Waals surface area (Å²) in [6, 6.07) is 8.67. The molecule has 0 aromatic heterocycles. The monoisotopic (exact) mass is 279 g/mol.